The molecule has 0 aromatic heterocycles. The summed E-state index contributed by atoms with van der Waals surface area (Å²) in [7, 11) is -5.04. The third-order valence-corrected chi connectivity index (χ3v) is 12.6. The van der Waals surface area contributed by atoms with Crippen molar-refractivity contribution < 1.29 is 58.3 Å². The maximum absolute atomic E-state index is 12.9. The van der Waals surface area contributed by atoms with Gasteiger partial charge < -0.3 is 39.9 Å². The Bertz CT molecular complexity index is 1360. The van der Waals surface area contributed by atoms with Crippen LogP contribution in [0.1, 0.15) is 194 Å². The highest BCUT2D eigenvalue weighted by Crippen LogP contribution is 2.47. The minimum atomic E-state index is -5.04. The van der Waals surface area contributed by atoms with Crippen molar-refractivity contribution in [1.29, 1.82) is 0 Å². The summed E-state index contributed by atoms with van der Waals surface area (Å²) >= 11 is 0. The second-order valence-corrected chi connectivity index (χ2v) is 19.1. The number of allylic oxidation sites excluding steroid dienone is 12. The number of carbonyl (C=O) groups excluding carboxylic acids is 1. The summed E-state index contributed by atoms with van der Waals surface area (Å²) in [5.41, 5.74) is 0. The Morgan fingerprint density at radius 1 is 0.500 bits per heavy atom. The Morgan fingerprint density at radius 3 is 1.30 bits per heavy atom. The van der Waals surface area contributed by atoms with E-state index in [0.717, 1.165) is 64.2 Å². The molecule has 1 aliphatic rings. The molecule has 0 bridgehead atoms. The summed E-state index contributed by atoms with van der Waals surface area (Å²) in [6, 6.07) is 0. The van der Waals surface area contributed by atoms with E-state index >= 15 is 0 Å². The van der Waals surface area contributed by atoms with E-state index in [9.17, 15) is 39.8 Å². The Morgan fingerprint density at radius 2 is 0.879 bits per heavy atom. The van der Waals surface area contributed by atoms with E-state index in [0.29, 0.717) is 19.4 Å². The predicted molar refractivity (Wildman–Crippen MR) is 267 cm³/mol. The number of phosphoric ester groups is 1. The van der Waals surface area contributed by atoms with Gasteiger partial charge in [-0.1, -0.05) is 202 Å². The molecule has 6 unspecified atom stereocenters. The second-order valence-electron chi connectivity index (χ2n) is 17.6. The van der Waals surface area contributed by atoms with Crippen LogP contribution < -0.4 is 0 Å². The Hall–Kier alpha value is -2.22. The van der Waals surface area contributed by atoms with Crippen LogP contribution in [0.5, 0.6) is 0 Å². The lowest BCUT2D eigenvalue weighted by atomic mass is 9.85. The highest BCUT2D eigenvalue weighted by atomic mass is 31.2. The highest BCUT2D eigenvalue weighted by molar-refractivity contribution is 7.47. The molecule has 66 heavy (non-hydrogen) atoms. The molecule has 1 fully saturated rings. The van der Waals surface area contributed by atoms with Crippen molar-refractivity contribution in [2.45, 2.75) is 236 Å². The van der Waals surface area contributed by atoms with E-state index in [1.165, 1.54) is 96.3 Å². The molecule has 0 amide bonds. The number of aliphatic hydroxyl groups is 5. The number of esters is 1. The number of unbranched alkanes of at least 4 members (excludes halogenated alkanes) is 19. The van der Waals surface area contributed by atoms with Gasteiger partial charge in [0.25, 0.3) is 0 Å². The van der Waals surface area contributed by atoms with Crippen molar-refractivity contribution in [3.8, 4) is 0 Å². The molecule has 1 saturated carbocycles. The lowest BCUT2D eigenvalue weighted by molar-refractivity contribution is -0.220. The van der Waals surface area contributed by atoms with Crippen LogP contribution in [0.3, 0.4) is 0 Å². The molecule has 0 saturated heterocycles. The summed E-state index contributed by atoms with van der Waals surface area (Å²) < 4.78 is 34.2. The Kier molecular flexibility index (Phi) is 40.1. The van der Waals surface area contributed by atoms with E-state index in [1.807, 2.05) is 0 Å². The van der Waals surface area contributed by atoms with Crippen molar-refractivity contribution in [2.75, 3.05) is 19.8 Å². The third kappa shape index (κ3) is 34.1. The van der Waals surface area contributed by atoms with Crippen LogP contribution in [-0.2, 0) is 27.9 Å². The lowest BCUT2D eigenvalue weighted by Crippen LogP contribution is -2.64. The first-order valence-corrected chi connectivity index (χ1v) is 27.3. The molecule has 6 N–H and O–H groups in total. The molecular formula is C53H93O12P. The molecule has 0 radical (unpaired) electrons. The van der Waals surface area contributed by atoms with E-state index in [1.54, 1.807) is 0 Å². The SMILES string of the molecule is CC/C=C\C/C=C\C/C=C\C/C=C\C/C=C\C/C=C\CCCOCC(COP(=O)(O)OC1C(O)C(O)C(O)C(O)C1O)OC(=O)CCCCCCCCCCCCCCCCCCCCC. The standard InChI is InChI=1S/C53H93O12P/c1-3-5-7-9-11-13-15-17-19-21-23-25-27-29-31-33-35-37-39-41-43-62-44-46(45-63-66(60,61)65-53-51(58)49(56)48(55)50(57)52(53)59)64-47(54)42-40-38-36-34-32-30-28-26-24-22-20-18-16-14-12-10-8-6-4-2/h5,7,11,13,17,19,23,25,29,31,35,37,46,48-53,55-59H,3-4,6,8-10,12,14-16,18,20-22,24,26-28,30,32-34,36,38-45H2,1-2H3,(H,60,61)/b7-5-,13-11-,19-17-,25-23-,31-29-,37-35-. The van der Waals surface area contributed by atoms with Crippen LogP contribution in [-0.4, -0.2) is 98.9 Å². The van der Waals surface area contributed by atoms with E-state index in [4.69, 9.17) is 18.5 Å². The molecular weight excluding hydrogens is 860 g/mol. The number of hydrogen-bond donors (Lipinski definition) is 6. The van der Waals surface area contributed by atoms with Crippen molar-refractivity contribution >= 4 is 13.8 Å². The number of phosphoric acid groups is 1. The fourth-order valence-corrected chi connectivity index (χ4v) is 8.52. The van der Waals surface area contributed by atoms with Gasteiger partial charge in [0.1, 0.15) is 42.7 Å². The van der Waals surface area contributed by atoms with Crippen molar-refractivity contribution in [3.05, 3.63) is 72.9 Å². The zero-order valence-corrected chi connectivity index (χ0v) is 41.9. The van der Waals surface area contributed by atoms with Crippen LogP contribution in [0.25, 0.3) is 0 Å². The molecule has 0 spiro atoms. The molecule has 12 nitrogen and oxygen atoms in total. The first kappa shape index (κ1) is 61.8. The summed E-state index contributed by atoms with van der Waals surface area (Å²) in [5, 5.41) is 50.3. The van der Waals surface area contributed by atoms with Gasteiger partial charge in [-0.15, -0.1) is 0 Å². The number of hydrogen-bond acceptors (Lipinski definition) is 11. The average Bonchev–Trinajstić information content (AvgIpc) is 3.30. The van der Waals surface area contributed by atoms with Crippen LogP contribution in [0.4, 0.5) is 0 Å². The van der Waals surface area contributed by atoms with E-state index in [2.05, 4.69) is 86.8 Å². The van der Waals surface area contributed by atoms with Crippen molar-refractivity contribution in [2.24, 2.45) is 0 Å². The second kappa shape index (κ2) is 42.8. The van der Waals surface area contributed by atoms with Crippen molar-refractivity contribution in [1.82, 2.24) is 0 Å². The largest absolute Gasteiger partial charge is 0.472 e. The Balaban J connectivity index is 2.39. The minimum Gasteiger partial charge on any atom is -0.457 e. The summed E-state index contributed by atoms with van der Waals surface area (Å²) in [6.45, 7) is 4.02. The van der Waals surface area contributed by atoms with Gasteiger partial charge in [-0.05, 0) is 57.8 Å². The third-order valence-electron chi connectivity index (χ3n) is 11.6. The van der Waals surface area contributed by atoms with Crippen molar-refractivity contribution in [3.63, 3.8) is 0 Å². The summed E-state index contributed by atoms with van der Waals surface area (Å²) in [4.78, 5) is 23.2. The molecule has 1 rings (SSSR count). The van der Waals surface area contributed by atoms with Gasteiger partial charge in [-0.2, -0.15) is 0 Å². The quantitative estimate of drug-likeness (QED) is 0.0147. The van der Waals surface area contributed by atoms with Crippen LogP contribution >= 0.6 is 7.82 Å². The zero-order valence-electron chi connectivity index (χ0n) is 41.0. The van der Waals surface area contributed by atoms with Gasteiger partial charge in [0.2, 0.25) is 0 Å². The van der Waals surface area contributed by atoms with Gasteiger partial charge >= 0.3 is 13.8 Å². The summed E-state index contributed by atoms with van der Waals surface area (Å²) in [5.74, 6) is -0.496. The fourth-order valence-electron chi connectivity index (χ4n) is 7.55. The molecule has 13 heteroatoms. The molecule has 0 aromatic rings. The molecule has 0 heterocycles. The zero-order chi connectivity index (χ0) is 48.4. The number of carbonyl (C=O) groups is 1. The van der Waals surface area contributed by atoms with Crippen LogP contribution in [0.15, 0.2) is 72.9 Å². The van der Waals surface area contributed by atoms with Crippen LogP contribution in [0.2, 0.25) is 0 Å². The predicted octanol–water partition coefficient (Wildman–Crippen LogP) is 11.5. The van der Waals surface area contributed by atoms with Gasteiger partial charge in [0.05, 0.1) is 13.2 Å². The topological polar surface area (TPSA) is 192 Å². The fraction of sp³-hybridized carbons (Fsp3) is 0.755. The molecule has 0 aromatic carbocycles. The lowest BCUT2D eigenvalue weighted by Gasteiger charge is -2.41. The van der Waals surface area contributed by atoms with Gasteiger partial charge in [0, 0.05) is 13.0 Å². The number of ether oxygens (including phenoxy) is 2. The number of aliphatic hydroxyl groups excluding tert-OH is 5. The highest BCUT2D eigenvalue weighted by Gasteiger charge is 2.51. The molecule has 382 valence electrons. The molecule has 1 aliphatic carbocycles. The normalized spacial score (nSPS) is 22.0. The first-order chi connectivity index (χ1) is 32.0. The average molecular weight is 953 g/mol. The molecule has 6 atom stereocenters. The van der Waals surface area contributed by atoms with E-state index < -0.39 is 63.1 Å². The smallest absolute Gasteiger partial charge is 0.457 e. The van der Waals surface area contributed by atoms with E-state index in [-0.39, 0.29) is 13.0 Å². The van der Waals surface area contributed by atoms with Gasteiger partial charge in [-0.3, -0.25) is 13.8 Å². The number of rotatable bonds is 43. The van der Waals surface area contributed by atoms with Gasteiger partial charge in [0.15, 0.2) is 0 Å². The van der Waals surface area contributed by atoms with Gasteiger partial charge in [-0.25, -0.2) is 4.57 Å². The minimum absolute atomic E-state index is 0.118. The Labute approximate surface area is 400 Å². The first-order valence-electron chi connectivity index (χ1n) is 25.8. The maximum Gasteiger partial charge on any atom is 0.472 e. The molecule has 0 aliphatic heterocycles. The monoisotopic (exact) mass is 953 g/mol. The maximum atomic E-state index is 12.9. The van der Waals surface area contributed by atoms with Crippen LogP contribution in [0, 0.1) is 0 Å². The summed E-state index contributed by atoms with van der Waals surface area (Å²) in [6.07, 6.45) is 44.1.